The van der Waals surface area contributed by atoms with Gasteiger partial charge in [-0.05, 0) is 99.2 Å². The van der Waals surface area contributed by atoms with Gasteiger partial charge < -0.3 is 0 Å². The summed E-state index contributed by atoms with van der Waals surface area (Å²) >= 11 is 0. The molecule has 7 unspecified atom stereocenters. The van der Waals surface area contributed by atoms with E-state index < -0.39 is 0 Å². The molecule has 2 rings (SSSR count). The minimum Gasteiger partial charge on any atom is -0.103 e. The summed E-state index contributed by atoms with van der Waals surface area (Å²) in [6.07, 6.45) is 16.7. The lowest BCUT2D eigenvalue weighted by molar-refractivity contribution is -0.00609. The molecule has 28 heavy (non-hydrogen) atoms. The third-order valence-electron chi connectivity index (χ3n) is 8.14. The number of fused-ring (bicyclic) bond motifs is 1. The molecule has 2 aliphatic rings. The van der Waals surface area contributed by atoms with Gasteiger partial charge in [0.15, 0.2) is 0 Å². The maximum Gasteiger partial charge on any atom is -0.0168 e. The molecule has 0 radical (unpaired) electrons. The van der Waals surface area contributed by atoms with Gasteiger partial charge in [0.25, 0.3) is 0 Å². The summed E-state index contributed by atoms with van der Waals surface area (Å²) in [5, 5.41) is 0. The molecule has 0 aromatic heterocycles. The maximum atomic E-state index is 4.37. The fraction of sp³-hybridized carbons (Fsp3) is 0.714. The summed E-state index contributed by atoms with van der Waals surface area (Å²) < 4.78 is 0. The summed E-state index contributed by atoms with van der Waals surface area (Å²) in [5.74, 6) is 4.48. The van der Waals surface area contributed by atoms with E-state index in [1.807, 2.05) is 13.8 Å². The molecule has 0 saturated heterocycles. The topological polar surface area (TPSA) is 0 Å². The fourth-order valence-electron chi connectivity index (χ4n) is 6.98. The molecule has 0 nitrogen and oxygen atoms in total. The molecule has 160 valence electrons. The monoisotopic (exact) mass is 384 g/mol. The SMILES string of the molecule is C=CCCC(C(=C)C)C1CCC2(CC)C(CCC=C)C(C)CC2C1C=C.CC. The Kier molecular flexibility index (Phi) is 10.6. The summed E-state index contributed by atoms with van der Waals surface area (Å²) in [5.41, 5.74) is 1.89. The Balaban J connectivity index is 0.00000190. The van der Waals surface area contributed by atoms with Crippen molar-refractivity contribution >= 4 is 0 Å². The van der Waals surface area contributed by atoms with Crippen LogP contribution < -0.4 is 0 Å². The molecule has 0 aromatic rings. The van der Waals surface area contributed by atoms with Gasteiger partial charge in [0.2, 0.25) is 0 Å². The van der Waals surface area contributed by atoms with E-state index in [4.69, 9.17) is 0 Å². The third kappa shape index (κ3) is 4.92. The molecule has 2 saturated carbocycles. The molecule has 0 spiro atoms. The first-order valence-corrected chi connectivity index (χ1v) is 12.0. The summed E-state index contributed by atoms with van der Waals surface area (Å²) in [7, 11) is 0. The largest absolute Gasteiger partial charge is 0.103 e. The first kappa shape index (κ1) is 25.0. The minimum atomic E-state index is 0.524. The van der Waals surface area contributed by atoms with Crippen molar-refractivity contribution in [2.45, 2.75) is 86.0 Å². The molecular weight excluding hydrogens is 336 g/mol. The summed E-state index contributed by atoms with van der Waals surface area (Å²) in [6.45, 7) is 27.8. The van der Waals surface area contributed by atoms with Crippen molar-refractivity contribution in [1.29, 1.82) is 0 Å². The molecule has 0 heterocycles. The second-order valence-electron chi connectivity index (χ2n) is 9.21. The molecule has 0 heteroatoms. The van der Waals surface area contributed by atoms with Crippen molar-refractivity contribution in [3.63, 3.8) is 0 Å². The van der Waals surface area contributed by atoms with Crippen LogP contribution in [0.5, 0.6) is 0 Å². The minimum absolute atomic E-state index is 0.524. The molecule has 0 N–H and O–H groups in total. The van der Waals surface area contributed by atoms with Crippen LogP contribution >= 0.6 is 0 Å². The molecule has 7 atom stereocenters. The van der Waals surface area contributed by atoms with Gasteiger partial charge in [0.05, 0.1) is 0 Å². The van der Waals surface area contributed by atoms with Crippen LogP contribution in [-0.4, -0.2) is 0 Å². The van der Waals surface area contributed by atoms with Gasteiger partial charge in [-0.3, -0.25) is 0 Å². The highest BCUT2D eigenvalue weighted by molar-refractivity contribution is 5.13. The second-order valence-corrected chi connectivity index (χ2v) is 9.21. The van der Waals surface area contributed by atoms with Crippen LogP contribution in [-0.2, 0) is 0 Å². The highest BCUT2D eigenvalue weighted by Crippen LogP contribution is 2.65. The summed E-state index contributed by atoms with van der Waals surface area (Å²) in [4.78, 5) is 0. The Morgan fingerprint density at radius 2 is 1.79 bits per heavy atom. The van der Waals surface area contributed by atoms with Crippen molar-refractivity contribution in [1.82, 2.24) is 0 Å². The van der Waals surface area contributed by atoms with Crippen LogP contribution in [0.3, 0.4) is 0 Å². The van der Waals surface area contributed by atoms with Crippen molar-refractivity contribution in [2.24, 2.45) is 40.9 Å². The first-order chi connectivity index (χ1) is 13.5. The number of hydrogen-bond donors (Lipinski definition) is 0. The van der Waals surface area contributed by atoms with Crippen molar-refractivity contribution in [3.05, 3.63) is 50.1 Å². The summed E-state index contributed by atoms with van der Waals surface area (Å²) in [6, 6.07) is 0. The molecule has 2 aliphatic carbocycles. The van der Waals surface area contributed by atoms with Crippen LogP contribution in [0.1, 0.15) is 86.0 Å². The fourth-order valence-corrected chi connectivity index (χ4v) is 6.98. The number of rotatable bonds is 10. The lowest BCUT2D eigenvalue weighted by Gasteiger charge is -2.52. The average molecular weight is 385 g/mol. The van der Waals surface area contributed by atoms with Gasteiger partial charge >= 0.3 is 0 Å². The van der Waals surface area contributed by atoms with Crippen molar-refractivity contribution < 1.29 is 0 Å². The van der Waals surface area contributed by atoms with E-state index in [0.29, 0.717) is 17.3 Å². The van der Waals surface area contributed by atoms with E-state index >= 15 is 0 Å². The second kappa shape index (κ2) is 11.8. The van der Waals surface area contributed by atoms with Gasteiger partial charge in [-0.15, -0.1) is 19.7 Å². The van der Waals surface area contributed by atoms with E-state index in [2.05, 4.69) is 65.3 Å². The molecule has 2 fully saturated rings. The highest BCUT2D eigenvalue weighted by atomic mass is 14.6. The Labute approximate surface area is 177 Å². The van der Waals surface area contributed by atoms with E-state index in [9.17, 15) is 0 Å². The van der Waals surface area contributed by atoms with Gasteiger partial charge in [0.1, 0.15) is 0 Å². The average Bonchev–Trinajstić information content (AvgIpc) is 2.99. The highest BCUT2D eigenvalue weighted by Gasteiger charge is 2.57. The van der Waals surface area contributed by atoms with Gasteiger partial charge in [-0.1, -0.05) is 58.1 Å². The van der Waals surface area contributed by atoms with Crippen molar-refractivity contribution in [3.8, 4) is 0 Å². The Bertz CT molecular complexity index is 512. The van der Waals surface area contributed by atoms with Crippen LogP contribution in [0.15, 0.2) is 50.1 Å². The van der Waals surface area contributed by atoms with Crippen LogP contribution in [0.2, 0.25) is 0 Å². The van der Waals surface area contributed by atoms with E-state index in [1.165, 1.54) is 50.5 Å². The lowest BCUT2D eigenvalue weighted by atomic mass is 9.53. The van der Waals surface area contributed by atoms with Gasteiger partial charge in [-0.25, -0.2) is 0 Å². The first-order valence-electron chi connectivity index (χ1n) is 12.0. The predicted molar refractivity (Wildman–Crippen MR) is 128 cm³/mol. The standard InChI is InChI=1S/C26H42.C2H6/c1-8-12-14-22(19(5)6)23-16-17-26(11-4)24(15-13-9-2)20(7)18-25(26)21(23)10-3;1-2/h8-10,20-25H,1-3,5,11-18H2,4,6-7H3;1-2H3. The van der Waals surface area contributed by atoms with E-state index in [0.717, 1.165) is 30.1 Å². The van der Waals surface area contributed by atoms with E-state index in [1.54, 1.807) is 0 Å². The Hall–Kier alpha value is -1.04. The predicted octanol–water partition coefficient (Wildman–Crippen LogP) is 9.02. The van der Waals surface area contributed by atoms with E-state index in [-0.39, 0.29) is 0 Å². The lowest BCUT2D eigenvalue weighted by Crippen LogP contribution is -2.44. The van der Waals surface area contributed by atoms with Crippen LogP contribution in [0.25, 0.3) is 0 Å². The van der Waals surface area contributed by atoms with Crippen molar-refractivity contribution in [2.75, 3.05) is 0 Å². The number of hydrogen-bond acceptors (Lipinski definition) is 0. The zero-order valence-electron chi connectivity index (χ0n) is 19.7. The Morgan fingerprint density at radius 1 is 1.14 bits per heavy atom. The quantitative estimate of drug-likeness (QED) is 0.329. The van der Waals surface area contributed by atoms with Crippen LogP contribution in [0, 0.1) is 40.9 Å². The molecular formula is C28H48. The molecule has 0 bridgehead atoms. The normalized spacial score (nSPS) is 35.1. The van der Waals surface area contributed by atoms with Gasteiger partial charge in [0, 0.05) is 0 Å². The zero-order valence-corrected chi connectivity index (χ0v) is 19.7. The number of allylic oxidation sites excluding steroid dienone is 4. The van der Waals surface area contributed by atoms with Gasteiger partial charge in [-0.2, -0.15) is 0 Å². The molecule has 0 aliphatic heterocycles. The third-order valence-corrected chi connectivity index (χ3v) is 8.14. The molecule has 0 aromatic carbocycles. The molecule has 0 amide bonds. The Morgan fingerprint density at radius 3 is 2.29 bits per heavy atom. The smallest absolute Gasteiger partial charge is 0.0168 e. The van der Waals surface area contributed by atoms with Crippen LogP contribution in [0.4, 0.5) is 0 Å². The zero-order chi connectivity index (χ0) is 21.3. The maximum absolute atomic E-state index is 4.37.